The number of nitrogens with zero attached hydrogens (tertiary/aromatic N) is 3. The molecule has 6 heteroatoms. The lowest BCUT2D eigenvalue weighted by molar-refractivity contribution is 0.601. The van der Waals surface area contributed by atoms with Gasteiger partial charge in [-0.25, -0.2) is 18.3 Å². The van der Waals surface area contributed by atoms with Gasteiger partial charge in [0, 0.05) is 29.6 Å². The van der Waals surface area contributed by atoms with Crippen LogP contribution in [0.2, 0.25) is 0 Å². The second-order valence-electron chi connectivity index (χ2n) is 4.59. The van der Waals surface area contributed by atoms with Gasteiger partial charge >= 0.3 is 0 Å². The number of fused-ring (bicyclic) bond motifs is 1. The summed E-state index contributed by atoms with van der Waals surface area (Å²) in [6.45, 7) is 1.76. The van der Waals surface area contributed by atoms with E-state index in [2.05, 4.69) is 10.1 Å². The van der Waals surface area contributed by atoms with Crippen LogP contribution < -0.4 is 5.73 Å². The minimum Gasteiger partial charge on any atom is -0.324 e. The predicted molar refractivity (Wildman–Crippen MR) is 70.9 cm³/mol. The molecule has 0 aliphatic heterocycles. The molecule has 0 bridgehead atoms. The largest absolute Gasteiger partial charge is 0.324 e. The number of hydrogen-bond donors (Lipinski definition) is 1. The lowest BCUT2D eigenvalue weighted by Crippen LogP contribution is -2.10. The molecule has 0 aliphatic carbocycles. The molecule has 0 radical (unpaired) electrons. The summed E-state index contributed by atoms with van der Waals surface area (Å²) in [5.41, 5.74) is 7.55. The second-order valence-corrected chi connectivity index (χ2v) is 4.59. The average Bonchev–Trinajstić information content (AvgIpc) is 2.87. The third-order valence-corrected chi connectivity index (χ3v) is 3.09. The SMILES string of the molecule is C[C@H](N)c1cc2nccn2nc1-c1cc(F)ccc1F. The van der Waals surface area contributed by atoms with Crippen molar-refractivity contribution in [2.24, 2.45) is 5.73 Å². The third kappa shape index (κ3) is 2.04. The molecule has 0 fully saturated rings. The summed E-state index contributed by atoms with van der Waals surface area (Å²) in [6.07, 6.45) is 3.22. The first-order chi connectivity index (χ1) is 9.56. The first-order valence-electron chi connectivity index (χ1n) is 6.11. The van der Waals surface area contributed by atoms with Crippen molar-refractivity contribution in [2.75, 3.05) is 0 Å². The monoisotopic (exact) mass is 274 g/mol. The molecule has 1 atom stereocenters. The highest BCUT2D eigenvalue weighted by molar-refractivity contribution is 5.66. The maximum atomic E-state index is 14.0. The molecule has 0 saturated carbocycles. The molecule has 102 valence electrons. The number of hydrogen-bond acceptors (Lipinski definition) is 3. The lowest BCUT2D eigenvalue weighted by Gasteiger charge is -2.13. The molecule has 20 heavy (non-hydrogen) atoms. The van der Waals surface area contributed by atoms with Gasteiger partial charge in [-0.2, -0.15) is 5.10 Å². The van der Waals surface area contributed by atoms with Crippen LogP contribution in [0.5, 0.6) is 0 Å². The topological polar surface area (TPSA) is 56.2 Å². The van der Waals surface area contributed by atoms with E-state index >= 15 is 0 Å². The van der Waals surface area contributed by atoms with Gasteiger partial charge in [-0.1, -0.05) is 0 Å². The molecule has 0 saturated heterocycles. The molecule has 0 spiro atoms. The fourth-order valence-corrected chi connectivity index (χ4v) is 2.10. The average molecular weight is 274 g/mol. The van der Waals surface area contributed by atoms with Gasteiger partial charge in [-0.05, 0) is 31.2 Å². The van der Waals surface area contributed by atoms with Crippen LogP contribution in [0.15, 0.2) is 36.7 Å². The number of rotatable bonds is 2. The fraction of sp³-hybridized carbons (Fsp3) is 0.143. The van der Waals surface area contributed by atoms with E-state index in [9.17, 15) is 8.78 Å². The first kappa shape index (κ1) is 12.7. The molecule has 1 aromatic carbocycles. The first-order valence-corrected chi connectivity index (χ1v) is 6.11. The zero-order chi connectivity index (χ0) is 14.3. The maximum absolute atomic E-state index is 14.0. The van der Waals surface area contributed by atoms with Crippen molar-refractivity contribution in [3.05, 3.63) is 53.9 Å². The Balaban J connectivity index is 2.32. The number of imidazole rings is 1. The van der Waals surface area contributed by atoms with E-state index in [1.165, 1.54) is 4.52 Å². The van der Waals surface area contributed by atoms with Crippen LogP contribution in [0.3, 0.4) is 0 Å². The number of aromatic nitrogens is 3. The summed E-state index contributed by atoms with van der Waals surface area (Å²) >= 11 is 0. The van der Waals surface area contributed by atoms with Crippen LogP contribution >= 0.6 is 0 Å². The van der Waals surface area contributed by atoms with Gasteiger partial charge in [0.1, 0.15) is 11.6 Å². The van der Waals surface area contributed by atoms with E-state index in [0.29, 0.717) is 16.9 Å². The fourth-order valence-electron chi connectivity index (χ4n) is 2.10. The number of halogens is 2. The van der Waals surface area contributed by atoms with Crippen LogP contribution in [0, 0.1) is 11.6 Å². The molecule has 0 amide bonds. The Labute approximate surface area is 113 Å². The summed E-state index contributed by atoms with van der Waals surface area (Å²) in [5.74, 6) is -1.06. The molecular formula is C14H12F2N4. The smallest absolute Gasteiger partial charge is 0.153 e. The van der Waals surface area contributed by atoms with Crippen LogP contribution in [-0.4, -0.2) is 14.6 Å². The van der Waals surface area contributed by atoms with Gasteiger partial charge in [0.15, 0.2) is 5.65 Å². The molecule has 4 nitrogen and oxygen atoms in total. The molecule has 0 aliphatic rings. The highest BCUT2D eigenvalue weighted by Crippen LogP contribution is 2.28. The number of nitrogens with two attached hydrogens (primary N) is 1. The Morgan fingerprint density at radius 1 is 1.25 bits per heavy atom. The van der Waals surface area contributed by atoms with Crippen molar-refractivity contribution < 1.29 is 8.78 Å². The van der Waals surface area contributed by atoms with Crippen molar-refractivity contribution in [1.82, 2.24) is 14.6 Å². The quantitative estimate of drug-likeness (QED) is 0.781. The van der Waals surface area contributed by atoms with Crippen LogP contribution in [0.25, 0.3) is 16.9 Å². The van der Waals surface area contributed by atoms with Crippen molar-refractivity contribution >= 4 is 5.65 Å². The Kier molecular flexibility index (Phi) is 2.94. The summed E-state index contributed by atoms with van der Waals surface area (Å²) in [4.78, 5) is 4.11. The highest BCUT2D eigenvalue weighted by Gasteiger charge is 2.17. The summed E-state index contributed by atoms with van der Waals surface area (Å²) < 4.78 is 28.8. The van der Waals surface area contributed by atoms with Crippen molar-refractivity contribution in [3.8, 4) is 11.3 Å². The standard InChI is InChI=1S/C14H12F2N4/c1-8(17)10-7-13-18-4-5-20(13)19-14(10)11-6-9(15)2-3-12(11)16/h2-8H,17H2,1H3/t8-/m0/s1. The van der Waals surface area contributed by atoms with E-state index in [4.69, 9.17) is 5.73 Å². The van der Waals surface area contributed by atoms with Gasteiger partial charge in [-0.15, -0.1) is 0 Å². The van der Waals surface area contributed by atoms with E-state index < -0.39 is 11.6 Å². The van der Waals surface area contributed by atoms with E-state index in [0.717, 1.165) is 18.2 Å². The van der Waals surface area contributed by atoms with Gasteiger partial charge in [-0.3, -0.25) is 0 Å². The van der Waals surface area contributed by atoms with Crippen LogP contribution in [0.1, 0.15) is 18.5 Å². The van der Waals surface area contributed by atoms with Gasteiger partial charge in [0.2, 0.25) is 0 Å². The minimum atomic E-state index is -0.541. The molecule has 3 rings (SSSR count). The molecule has 0 unspecified atom stereocenters. The minimum absolute atomic E-state index is 0.0906. The Bertz CT molecular complexity index is 780. The molecule has 2 N–H and O–H groups in total. The van der Waals surface area contributed by atoms with Crippen LogP contribution in [-0.2, 0) is 0 Å². The van der Waals surface area contributed by atoms with Crippen molar-refractivity contribution in [1.29, 1.82) is 0 Å². The molecular weight excluding hydrogens is 262 g/mol. The lowest BCUT2D eigenvalue weighted by atomic mass is 10.0. The van der Waals surface area contributed by atoms with E-state index in [1.54, 1.807) is 25.4 Å². The second kappa shape index (κ2) is 4.64. The van der Waals surface area contributed by atoms with Gasteiger partial charge < -0.3 is 5.73 Å². The normalized spacial score (nSPS) is 12.8. The zero-order valence-corrected chi connectivity index (χ0v) is 10.7. The summed E-state index contributed by atoms with van der Waals surface area (Å²) in [7, 11) is 0. The summed E-state index contributed by atoms with van der Waals surface area (Å²) in [5, 5.41) is 4.30. The van der Waals surface area contributed by atoms with E-state index in [-0.39, 0.29) is 11.6 Å². The maximum Gasteiger partial charge on any atom is 0.153 e. The van der Waals surface area contributed by atoms with Crippen LogP contribution in [0.4, 0.5) is 8.78 Å². The van der Waals surface area contributed by atoms with Gasteiger partial charge in [0.25, 0.3) is 0 Å². The Hall–Kier alpha value is -2.34. The zero-order valence-electron chi connectivity index (χ0n) is 10.7. The Morgan fingerprint density at radius 3 is 2.80 bits per heavy atom. The third-order valence-electron chi connectivity index (χ3n) is 3.09. The molecule has 3 aromatic rings. The Morgan fingerprint density at radius 2 is 2.05 bits per heavy atom. The van der Waals surface area contributed by atoms with Gasteiger partial charge in [0.05, 0.1) is 5.69 Å². The molecule has 2 aromatic heterocycles. The highest BCUT2D eigenvalue weighted by atomic mass is 19.1. The van der Waals surface area contributed by atoms with E-state index in [1.807, 2.05) is 0 Å². The predicted octanol–water partition coefficient (Wildman–Crippen LogP) is 2.69. The van der Waals surface area contributed by atoms with Crippen molar-refractivity contribution in [2.45, 2.75) is 13.0 Å². The number of benzene rings is 1. The molecule has 2 heterocycles. The summed E-state index contributed by atoms with van der Waals surface area (Å²) in [6, 6.07) is 4.63. The van der Waals surface area contributed by atoms with Crippen molar-refractivity contribution in [3.63, 3.8) is 0 Å².